The monoisotopic (exact) mass is 341 g/mol. The molecular formula is C12H6BrCl2N3. The fraction of sp³-hybridized carbons (Fsp3) is 0. The lowest BCUT2D eigenvalue weighted by molar-refractivity contribution is 0.940. The van der Waals surface area contributed by atoms with Gasteiger partial charge >= 0.3 is 0 Å². The molecule has 3 aromatic rings. The van der Waals surface area contributed by atoms with Crippen LogP contribution in [-0.4, -0.2) is 14.6 Å². The quantitative estimate of drug-likeness (QED) is 0.611. The highest BCUT2D eigenvalue weighted by atomic mass is 79.9. The predicted octanol–water partition coefficient (Wildman–Crippen LogP) is 4.47. The number of hydrogen-bond acceptors (Lipinski definition) is 2. The molecule has 0 fully saturated rings. The van der Waals surface area contributed by atoms with E-state index in [1.165, 1.54) is 0 Å². The third kappa shape index (κ3) is 1.90. The molecule has 18 heavy (non-hydrogen) atoms. The van der Waals surface area contributed by atoms with Crippen LogP contribution in [-0.2, 0) is 0 Å². The Morgan fingerprint density at radius 2 is 1.89 bits per heavy atom. The summed E-state index contributed by atoms with van der Waals surface area (Å²) in [6.45, 7) is 0. The molecule has 0 unspecified atom stereocenters. The average Bonchev–Trinajstić information content (AvgIpc) is 2.73. The van der Waals surface area contributed by atoms with E-state index in [2.05, 4.69) is 26.0 Å². The van der Waals surface area contributed by atoms with Gasteiger partial charge in [0, 0.05) is 21.7 Å². The zero-order valence-corrected chi connectivity index (χ0v) is 12.0. The second kappa shape index (κ2) is 4.53. The highest BCUT2D eigenvalue weighted by molar-refractivity contribution is 9.10. The van der Waals surface area contributed by atoms with Crippen LogP contribution < -0.4 is 0 Å². The Balaban J connectivity index is 2.34. The highest BCUT2D eigenvalue weighted by Gasteiger charge is 2.13. The van der Waals surface area contributed by atoms with Gasteiger partial charge in [0.15, 0.2) is 5.65 Å². The van der Waals surface area contributed by atoms with Gasteiger partial charge in [-0.15, -0.1) is 0 Å². The van der Waals surface area contributed by atoms with Crippen LogP contribution in [0, 0.1) is 0 Å². The number of aromatic nitrogens is 3. The van der Waals surface area contributed by atoms with Crippen molar-refractivity contribution in [3.05, 3.63) is 51.3 Å². The molecule has 0 radical (unpaired) electrons. The molecule has 0 amide bonds. The molecule has 0 aliphatic heterocycles. The van der Waals surface area contributed by atoms with Crippen molar-refractivity contribution in [3.8, 4) is 11.1 Å². The first-order valence-corrected chi connectivity index (χ1v) is 6.66. The minimum absolute atomic E-state index is 0.348. The van der Waals surface area contributed by atoms with E-state index in [0.29, 0.717) is 16.0 Å². The first-order valence-electron chi connectivity index (χ1n) is 5.11. The summed E-state index contributed by atoms with van der Waals surface area (Å²) in [6, 6.07) is 9.41. The number of hydrogen-bond donors (Lipinski definition) is 0. The van der Waals surface area contributed by atoms with Crippen LogP contribution in [0.3, 0.4) is 0 Å². The predicted molar refractivity (Wildman–Crippen MR) is 76.1 cm³/mol. The summed E-state index contributed by atoms with van der Waals surface area (Å²) in [5.74, 6) is 0. The molecule has 0 saturated carbocycles. The van der Waals surface area contributed by atoms with E-state index in [1.807, 2.05) is 24.3 Å². The summed E-state index contributed by atoms with van der Waals surface area (Å²) in [5, 5.41) is 5.00. The van der Waals surface area contributed by atoms with Gasteiger partial charge in [-0.1, -0.05) is 57.3 Å². The van der Waals surface area contributed by atoms with E-state index in [0.717, 1.165) is 15.6 Å². The highest BCUT2D eigenvalue weighted by Crippen LogP contribution is 2.31. The molecule has 0 aliphatic carbocycles. The summed E-state index contributed by atoms with van der Waals surface area (Å²) in [4.78, 5) is 4.27. The van der Waals surface area contributed by atoms with Crippen molar-refractivity contribution in [3.63, 3.8) is 0 Å². The van der Waals surface area contributed by atoms with Crippen LogP contribution >= 0.6 is 39.1 Å². The molecule has 0 bridgehead atoms. The third-order valence-corrected chi connectivity index (χ3v) is 3.72. The lowest BCUT2D eigenvalue weighted by Crippen LogP contribution is -1.92. The van der Waals surface area contributed by atoms with E-state index in [9.17, 15) is 0 Å². The van der Waals surface area contributed by atoms with Crippen molar-refractivity contribution in [2.24, 2.45) is 0 Å². The topological polar surface area (TPSA) is 30.2 Å². The second-order valence-corrected chi connectivity index (χ2v) is 5.30. The minimum atomic E-state index is 0.348. The molecule has 3 nitrogen and oxygen atoms in total. The van der Waals surface area contributed by atoms with Crippen molar-refractivity contribution in [1.29, 1.82) is 0 Å². The maximum absolute atomic E-state index is 6.07. The normalized spacial score (nSPS) is 11.1. The number of benzene rings is 1. The minimum Gasteiger partial charge on any atom is -0.216 e. The molecule has 2 aromatic heterocycles. The van der Waals surface area contributed by atoms with E-state index >= 15 is 0 Å². The van der Waals surface area contributed by atoms with Gasteiger partial charge in [-0.05, 0) is 6.07 Å². The Morgan fingerprint density at radius 1 is 1.11 bits per heavy atom. The lowest BCUT2D eigenvalue weighted by atomic mass is 10.1. The molecule has 3 rings (SSSR count). The summed E-state index contributed by atoms with van der Waals surface area (Å²) < 4.78 is 2.53. The van der Waals surface area contributed by atoms with Crippen molar-refractivity contribution in [2.75, 3.05) is 0 Å². The van der Waals surface area contributed by atoms with Crippen LogP contribution in [0.1, 0.15) is 0 Å². The Morgan fingerprint density at radius 3 is 2.67 bits per heavy atom. The average molecular weight is 343 g/mol. The summed E-state index contributed by atoms with van der Waals surface area (Å²) in [5.41, 5.74) is 2.52. The van der Waals surface area contributed by atoms with E-state index in [-0.39, 0.29) is 0 Å². The Kier molecular flexibility index (Phi) is 3.01. The Bertz CT molecular complexity index is 739. The molecule has 2 heterocycles. The van der Waals surface area contributed by atoms with Crippen LogP contribution in [0.2, 0.25) is 10.3 Å². The van der Waals surface area contributed by atoms with Gasteiger partial charge in [-0.3, -0.25) is 0 Å². The SMILES string of the molecule is Clc1cc(Cl)n2ncc(-c3ccccc3Br)c2n1. The van der Waals surface area contributed by atoms with Gasteiger partial charge < -0.3 is 0 Å². The second-order valence-electron chi connectivity index (χ2n) is 3.68. The molecule has 0 aliphatic rings. The molecular weight excluding hydrogens is 337 g/mol. The smallest absolute Gasteiger partial charge is 0.166 e. The fourth-order valence-corrected chi connectivity index (χ4v) is 2.73. The van der Waals surface area contributed by atoms with Gasteiger partial charge in [0.25, 0.3) is 0 Å². The molecule has 0 spiro atoms. The largest absolute Gasteiger partial charge is 0.216 e. The Labute approximate surface area is 121 Å². The van der Waals surface area contributed by atoms with Crippen LogP contribution in [0.5, 0.6) is 0 Å². The fourth-order valence-electron chi connectivity index (χ4n) is 1.77. The molecule has 0 N–H and O–H groups in total. The molecule has 0 saturated heterocycles. The van der Waals surface area contributed by atoms with Gasteiger partial charge in [0.2, 0.25) is 0 Å². The van der Waals surface area contributed by atoms with Crippen LogP contribution in [0.15, 0.2) is 41.0 Å². The number of rotatable bonds is 1. The molecule has 0 atom stereocenters. The lowest BCUT2D eigenvalue weighted by Gasteiger charge is -2.02. The van der Waals surface area contributed by atoms with Gasteiger partial charge in [0.05, 0.1) is 6.20 Å². The van der Waals surface area contributed by atoms with E-state index < -0.39 is 0 Å². The van der Waals surface area contributed by atoms with Gasteiger partial charge in [-0.25, -0.2) is 9.50 Å². The maximum Gasteiger partial charge on any atom is 0.166 e. The van der Waals surface area contributed by atoms with Crippen LogP contribution in [0.25, 0.3) is 16.8 Å². The van der Waals surface area contributed by atoms with Crippen molar-refractivity contribution in [2.45, 2.75) is 0 Å². The number of fused-ring (bicyclic) bond motifs is 1. The van der Waals surface area contributed by atoms with Crippen molar-refractivity contribution < 1.29 is 0 Å². The zero-order chi connectivity index (χ0) is 12.7. The van der Waals surface area contributed by atoms with Gasteiger partial charge in [-0.2, -0.15) is 5.10 Å². The Hall–Kier alpha value is -1.10. The summed E-state index contributed by atoms with van der Waals surface area (Å²) in [6.07, 6.45) is 1.73. The van der Waals surface area contributed by atoms with E-state index in [1.54, 1.807) is 16.8 Å². The van der Waals surface area contributed by atoms with E-state index in [4.69, 9.17) is 23.2 Å². The van der Waals surface area contributed by atoms with Gasteiger partial charge in [0.1, 0.15) is 10.3 Å². The maximum atomic E-state index is 6.07. The van der Waals surface area contributed by atoms with Crippen LogP contribution in [0.4, 0.5) is 0 Å². The summed E-state index contributed by atoms with van der Waals surface area (Å²) in [7, 11) is 0. The van der Waals surface area contributed by atoms with Crippen molar-refractivity contribution >= 4 is 44.8 Å². The molecule has 6 heteroatoms. The number of halogens is 3. The van der Waals surface area contributed by atoms with Crippen molar-refractivity contribution in [1.82, 2.24) is 14.6 Å². The first kappa shape index (κ1) is 12.0. The molecule has 90 valence electrons. The standard InChI is InChI=1S/C12H6BrCl2N3/c13-9-4-2-1-3-7(9)8-6-16-18-11(15)5-10(14)17-12(8)18/h1-6H. The number of nitrogens with zero attached hydrogens (tertiary/aromatic N) is 3. The summed E-state index contributed by atoms with van der Waals surface area (Å²) >= 11 is 15.5. The molecule has 1 aromatic carbocycles. The first-order chi connectivity index (χ1) is 8.66. The zero-order valence-electron chi connectivity index (χ0n) is 8.94. The third-order valence-electron chi connectivity index (χ3n) is 2.56.